The van der Waals surface area contributed by atoms with Crippen LogP contribution >= 0.6 is 0 Å². The van der Waals surface area contributed by atoms with Crippen LogP contribution in [0.25, 0.3) is 21.5 Å². The summed E-state index contributed by atoms with van der Waals surface area (Å²) in [6.45, 7) is 4.54. The van der Waals surface area contributed by atoms with Crippen molar-refractivity contribution in [3.8, 4) is 23.0 Å². The molecule has 2 heteroatoms. The minimum Gasteiger partial charge on any atom is -0.456 e. The van der Waals surface area contributed by atoms with Crippen LogP contribution in [0.4, 0.5) is 0 Å². The molecular formula is C36H38O2. The van der Waals surface area contributed by atoms with E-state index < -0.39 is 0 Å². The summed E-state index contributed by atoms with van der Waals surface area (Å²) in [5.74, 6) is 3.49. The van der Waals surface area contributed by atoms with E-state index in [1.807, 2.05) is 60.7 Å². The second-order valence-electron chi connectivity index (χ2n) is 10.1. The zero-order valence-corrected chi connectivity index (χ0v) is 22.7. The predicted molar refractivity (Wildman–Crippen MR) is 161 cm³/mol. The van der Waals surface area contributed by atoms with Gasteiger partial charge in [-0.1, -0.05) is 100 Å². The molecule has 0 amide bonds. The van der Waals surface area contributed by atoms with Crippen molar-refractivity contribution in [1.82, 2.24) is 0 Å². The summed E-state index contributed by atoms with van der Waals surface area (Å²) in [5.41, 5.74) is 2.89. The number of ether oxygens (including phenoxy) is 2. The first-order valence-corrected chi connectivity index (χ1v) is 14.2. The summed E-state index contributed by atoms with van der Waals surface area (Å²) in [4.78, 5) is 0. The molecule has 0 radical (unpaired) electrons. The Bertz CT molecular complexity index is 1360. The maximum Gasteiger partial charge on any atom is 0.143 e. The van der Waals surface area contributed by atoms with Crippen molar-refractivity contribution in [3.05, 3.63) is 108 Å². The van der Waals surface area contributed by atoms with E-state index in [0.29, 0.717) is 0 Å². The molecule has 194 valence electrons. The Hall–Kier alpha value is -3.78. The third-order valence-electron chi connectivity index (χ3n) is 7.27. The van der Waals surface area contributed by atoms with Gasteiger partial charge < -0.3 is 9.47 Å². The molecule has 0 aliphatic rings. The van der Waals surface area contributed by atoms with Crippen LogP contribution in [-0.2, 0) is 12.8 Å². The van der Waals surface area contributed by atoms with Gasteiger partial charge in [-0.05, 0) is 73.2 Å². The van der Waals surface area contributed by atoms with Crippen LogP contribution in [0.15, 0.2) is 97.1 Å². The normalized spacial score (nSPS) is 11.2. The van der Waals surface area contributed by atoms with Crippen molar-refractivity contribution < 1.29 is 9.47 Å². The van der Waals surface area contributed by atoms with Crippen molar-refractivity contribution >= 4 is 21.5 Å². The van der Waals surface area contributed by atoms with Gasteiger partial charge >= 0.3 is 0 Å². The molecule has 0 spiro atoms. The predicted octanol–water partition coefficient (Wildman–Crippen LogP) is 11.0. The van der Waals surface area contributed by atoms with Crippen molar-refractivity contribution in [3.63, 3.8) is 0 Å². The monoisotopic (exact) mass is 502 g/mol. The molecule has 0 atom stereocenters. The second-order valence-corrected chi connectivity index (χ2v) is 10.1. The highest BCUT2D eigenvalue weighted by Gasteiger charge is 2.20. The summed E-state index contributed by atoms with van der Waals surface area (Å²) in [6.07, 6.45) is 9.55. The smallest absolute Gasteiger partial charge is 0.143 e. The third kappa shape index (κ3) is 5.86. The largest absolute Gasteiger partial charge is 0.456 e. The van der Waals surface area contributed by atoms with Gasteiger partial charge in [0, 0.05) is 21.5 Å². The number of unbranched alkanes of at least 4 members (excludes halogenated alkanes) is 4. The lowest BCUT2D eigenvalue weighted by molar-refractivity contribution is 0.485. The van der Waals surface area contributed by atoms with Gasteiger partial charge in [-0.25, -0.2) is 0 Å². The Morgan fingerprint density at radius 3 is 1.24 bits per heavy atom. The zero-order valence-electron chi connectivity index (χ0n) is 22.7. The summed E-state index contributed by atoms with van der Waals surface area (Å²) in [5, 5.41) is 4.36. The number of aryl methyl sites for hydroxylation is 2. The highest BCUT2D eigenvalue weighted by atomic mass is 16.5. The van der Waals surface area contributed by atoms with E-state index in [9.17, 15) is 0 Å². The molecule has 0 fully saturated rings. The van der Waals surface area contributed by atoms with Gasteiger partial charge in [0.2, 0.25) is 0 Å². The minimum absolute atomic E-state index is 0.843. The molecule has 0 saturated carbocycles. The fraction of sp³-hybridized carbons (Fsp3) is 0.278. The molecule has 38 heavy (non-hydrogen) atoms. The van der Waals surface area contributed by atoms with Crippen molar-refractivity contribution in [2.75, 3.05) is 0 Å². The number of rotatable bonds is 12. The number of hydrogen-bond acceptors (Lipinski definition) is 2. The quantitative estimate of drug-likeness (QED) is 0.125. The summed E-state index contributed by atoms with van der Waals surface area (Å²) in [6, 6.07) is 33.5. The van der Waals surface area contributed by atoms with Gasteiger partial charge in [0.15, 0.2) is 0 Å². The lowest BCUT2D eigenvalue weighted by atomic mass is 9.91. The van der Waals surface area contributed by atoms with Gasteiger partial charge in [0.05, 0.1) is 0 Å². The van der Waals surface area contributed by atoms with Gasteiger partial charge in [-0.3, -0.25) is 0 Å². The van der Waals surface area contributed by atoms with E-state index in [-0.39, 0.29) is 0 Å². The molecule has 0 aromatic heterocycles. The van der Waals surface area contributed by atoms with E-state index in [4.69, 9.17) is 9.47 Å². The van der Waals surface area contributed by atoms with Crippen LogP contribution in [0.2, 0.25) is 0 Å². The van der Waals surface area contributed by atoms with Gasteiger partial charge in [0.1, 0.15) is 23.0 Å². The Morgan fingerprint density at radius 2 is 0.842 bits per heavy atom. The van der Waals surface area contributed by atoms with Gasteiger partial charge in [-0.2, -0.15) is 0 Å². The lowest BCUT2D eigenvalue weighted by Gasteiger charge is -2.20. The molecule has 2 nitrogen and oxygen atoms in total. The van der Waals surface area contributed by atoms with Crippen molar-refractivity contribution in [2.24, 2.45) is 0 Å². The van der Waals surface area contributed by atoms with E-state index in [2.05, 4.69) is 50.2 Å². The highest BCUT2D eigenvalue weighted by Crippen LogP contribution is 2.46. The van der Waals surface area contributed by atoms with Crippen LogP contribution in [0.3, 0.4) is 0 Å². The molecule has 0 aliphatic carbocycles. The molecule has 0 heterocycles. The summed E-state index contributed by atoms with van der Waals surface area (Å²) >= 11 is 0. The average Bonchev–Trinajstić information content (AvgIpc) is 2.96. The van der Waals surface area contributed by atoms with Crippen molar-refractivity contribution in [1.29, 1.82) is 0 Å². The molecule has 0 unspecified atom stereocenters. The molecule has 5 aromatic rings. The van der Waals surface area contributed by atoms with E-state index >= 15 is 0 Å². The molecule has 0 N–H and O–H groups in total. The maximum atomic E-state index is 6.67. The molecule has 5 rings (SSSR count). The number of fused-ring (bicyclic) bond motifs is 2. The molecule has 0 aliphatic heterocycles. The van der Waals surface area contributed by atoms with Crippen LogP contribution in [0.1, 0.15) is 63.5 Å². The molecule has 5 aromatic carbocycles. The highest BCUT2D eigenvalue weighted by molar-refractivity contribution is 6.11. The van der Waals surface area contributed by atoms with Crippen LogP contribution in [0.5, 0.6) is 23.0 Å². The Morgan fingerprint density at radius 1 is 0.447 bits per heavy atom. The van der Waals surface area contributed by atoms with E-state index in [1.165, 1.54) is 49.7 Å². The Balaban J connectivity index is 1.76. The number of para-hydroxylation sites is 2. The van der Waals surface area contributed by atoms with Crippen LogP contribution in [-0.4, -0.2) is 0 Å². The molecule has 0 bridgehead atoms. The first-order chi connectivity index (χ1) is 18.8. The first kappa shape index (κ1) is 25.9. The minimum atomic E-state index is 0.843. The van der Waals surface area contributed by atoms with Gasteiger partial charge in [0.25, 0.3) is 0 Å². The first-order valence-electron chi connectivity index (χ1n) is 14.2. The van der Waals surface area contributed by atoms with E-state index in [1.54, 1.807) is 0 Å². The Labute approximate surface area is 227 Å². The standard InChI is InChI=1S/C36H38O2/c1-3-5-9-17-27-25-33-34(26-28(27)18-10-6-4-2)36(38-30-21-13-8-14-22-30)32-24-16-15-23-31(32)35(33)37-29-19-11-7-12-20-29/h7-8,11-16,19-26H,3-6,9-10,17-18H2,1-2H3. The Kier molecular flexibility index (Phi) is 8.60. The van der Waals surface area contributed by atoms with Crippen LogP contribution < -0.4 is 9.47 Å². The average molecular weight is 503 g/mol. The molecular weight excluding hydrogens is 464 g/mol. The SMILES string of the molecule is CCCCCc1cc2c(Oc3ccccc3)c3ccccc3c(Oc3ccccc3)c2cc1CCCCC. The topological polar surface area (TPSA) is 18.5 Å². The van der Waals surface area contributed by atoms with Crippen LogP contribution in [0, 0.1) is 0 Å². The summed E-state index contributed by atoms with van der Waals surface area (Å²) in [7, 11) is 0. The number of hydrogen-bond donors (Lipinski definition) is 0. The van der Waals surface area contributed by atoms with Gasteiger partial charge in [-0.15, -0.1) is 0 Å². The van der Waals surface area contributed by atoms with E-state index in [0.717, 1.165) is 57.4 Å². The second kappa shape index (κ2) is 12.6. The zero-order chi connectivity index (χ0) is 26.2. The fourth-order valence-corrected chi connectivity index (χ4v) is 5.26. The summed E-state index contributed by atoms with van der Waals surface area (Å²) < 4.78 is 13.3. The van der Waals surface area contributed by atoms with Crippen molar-refractivity contribution in [2.45, 2.75) is 65.2 Å². The fourth-order valence-electron chi connectivity index (χ4n) is 5.26. The molecule has 0 saturated heterocycles. The maximum absolute atomic E-state index is 6.67. The number of benzene rings is 5. The lowest BCUT2D eigenvalue weighted by Crippen LogP contribution is -1.99. The third-order valence-corrected chi connectivity index (χ3v) is 7.27.